The van der Waals surface area contributed by atoms with Gasteiger partial charge >= 0.3 is 6.03 Å². The minimum Gasteiger partial charge on any atom is -0.496 e. The molecule has 2 aromatic carbocycles. The quantitative estimate of drug-likeness (QED) is 0.449. The number of aryl methyl sites for hydroxylation is 1. The van der Waals surface area contributed by atoms with Crippen molar-refractivity contribution in [2.24, 2.45) is 0 Å². The van der Waals surface area contributed by atoms with Crippen molar-refractivity contribution in [3.8, 4) is 5.75 Å². The number of methoxy groups -OCH3 is 1. The van der Waals surface area contributed by atoms with E-state index < -0.39 is 17.8 Å². The van der Waals surface area contributed by atoms with Gasteiger partial charge in [-0.3, -0.25) is 14.9 Å². The van der Waals surface area contributed by atoms with Crippen molar-refractivity contribution < 1.29 is 19.1 Å². The molecule has 34 heavy (non-hydrogen) atoms. The number of amides is 4. The van der Waals surface area contributed by atoms with Gasteiger partial charge in [-0.1, -0.05) is 22.0 Å². The van der Waals surface area contributed by atoms with Crippen molar-refractivity contribution in [3.05, 3.63) is 63.1 Å². The number of barbiturate groups is 1. The number of benzene rings is 2. The number of rotatable bonds is 3. The molecule has 2 heterocycles. The number of nitrogens with one attached hydrogen (secondary N) is 1. The molecule has 0 radical (unpaired) electrons. The van der Waals surface area contributed by atoms with Crippen LogP contribution in [0.15, 0.2) is 46.5 Å². The maximum atomic E-state index is 13.4. The van der Waals surface area contributed by atoms with Crippen LogP contribution in [0.5, 0.6) is 5.75 Å². The molecule has 8 heteroatoms. The summed E-state index contributed by atoms with van der Waals surface area (Å²) in [4.78, 5) is 41.8. The molecule has 1 fully saturated rings. The first-order valence-electron chi connectivity index (χ1n) is 10.8. The minimum absolute atomic E-state index is 0.147. The molecular weight excluding hydrogens is 498 g/mol. The number of ether oxygens (including phenoxy) is 1. The van der Waals surface area contributed by atoms with Gasteiger partial charge in [0.1, 0.15) is 11.3 Å². The molecule has 4 amide bonds. The third-order valence-corrected chi connectivity index (χ3v) is 6.86. The molecule has 1 N–H and O–H groups in total. The van der Waals surface area contributed by atoms with Gasteiger partial charge in [-0.25, -0.2) is 9.69 Å². The van der Waals surface area contributed by atoms with Crippen LogP contribution < -0.4 is 19.9 Å². The van der Waals surface area contributed by atoms with E-state index in [-0.39, 0.29) is 11.1 Å². The first-order chi connectivity index (χ1) is 15.9. The van der Waals surface area contributed by atoms with E-state index in [2.05, 4.69) is 46.1 Å². The molecule has 0 aromatic heterocycles. The van der Waals surface area contributed by atoms with Crippen molar-refractivity contribution >= 4 is 56.8 Å². The number of hydrogen-bond donors (Lipinski definition) is 1. The van der Waals surface area contributed by atoms with Gasteiger partial charge in [0.15, 0.2) is 0 Å². The summed E-state index contributed by atoms with van der Waals surface area (Å²) < 4.78 is 6.44. The fourth-order valence-corrected chi connectivity index (χ4v) is 4.86. The summed E-state index contributed by atoms with van der Waals surface area (Å²) in [6.45, 7) is 8.08. The van der Waals surface area contributed by atoms with Crippen LogP contribution in [-0.2, 0) is 9.59 Å². The zero-order valence-electron chi connectivity index (χ0n) is 19.9. The van der Waals surface area contributed by atoms with Crippen LogP contribution in [0, 0.1) is 6.92 Å². The van der Waals surface area contributed by atoms with E-state index in [0.717, 1.165) is 26.2 Å². The van der Waals surface area contributed by atoms with Crippen molar-refractivity contribution in [1.82, 2.24) is 5.32 Å². The van der Waals surface area contributed by atoms with Crippen LogP contribution >= 0.6 is 15.9 Å². The topological polar surface area (TPSA) is 79.0 Å². The van der Waals surface area contributed by atoms with Crippen LogP contribution in [0.1, 0.15) is 37.5 Å². The van der Waals surface area contributed by atoms with Crippen LogP contribution in [0.2, 0.25) is 0 Å². The third-order valence-electron chi connectivity index (χ3n) is 6.37. The fourth-order valence-electron chi connectivity index (χ4n) is 4.39. The van der Waals surface area contributed by atoms with Gasteiger partial charge in [0, 0.05) is 34.4 Å². The van der Waals surface area contributed by atoms with E-state index in [1.165, 1.54) is 6.08 Å². The number of likely N-dealkylation sites (N-methyl/N-ethyl adjacent to an activating group) is 1. The van der Waals surface area contributed by atoms with E-state index in [0.29, 0.717) is 22.6 Å². The molecule has 0 atom stereocenters. The summed E-state index contributed by atoms with van der Waals surface area (Å²) in [6, 6.07) is 8.24. The Morgan fingerprint density at radius 3 is 2.41 bits per heavy atom. The van der Waals surface area contributed by atoms with Crippen molar-refractivity contribution in [2.45, 2.75) is 33.2 Å². The van der Waals surface area contributed by atoms with Crippen molar-refractivity contribution in [2.75, 3.05) is 24.0 Å². The van der Waals surface area contributed by atoms with Gasteiger partial charge in [0.05, 0.1) is 18.3 Å². The largest absolute Gasteiger partial charge is 0.496 e. The number of fused-ring (bicyclic) bond motifs is 1. The van der Waals surface area contributed by atoms with Gasteiger partial charge in [-0.15, -0.1) is 0 Å². The zero-order valence-corrected chi connectivity index (χ0v) is 21.5. The Morgan fingerprint density at radius 1 is 1.06 bits per heavy atom. The van der Waals surface area contributed by atoms with E-state index in [4.69, 9.17) is 4.74 Å². The highest BCUT2D eigenvalue weighted by molar-refractivity contribution is 9.10. The van der Waals surface area contributed by atoms with E-state index >= 15 is 0 Å². The molecule has 1 saturated heterocycles. The number of hydrogen-bond acceptors (Lipinski definition) is 5. The Labute approximate surface area is 207 Å². The lowest BCUT2D eigenvalue weighted by Crippen LogP contribution is -2.54. The second kappa shape index (κ2) is 8.43. The van der Waals surface area contributed by atoms with Crippen molar-refractivity contribution in [3.63, 3.8) is 0 Å². The molecule has 0 saturated carbocycles. The highest BCUT2D eigenvalue weighted by atomic mass is 79.9. The molecule has 0 bridgehead atoms. The maximum Gasteiger partial charge on any atom is 0.335 e. The second-order valence-electron chi connectivity index (χ2n) is 9.04. The summed E-state index contributed by atoms with van der Waals surface area (Å²) in [7, 11) is 3.56. The number of carbonyl (C=O) groups is 3. The number of halogens is 1. The summed E-state index contributed by atoms with van der Waals surface area (Å²) in [5.74, 6) is -0.914. The second-order valence-corrected chi connectivity index (χ2v) is 9.96. The standard InChI is InChI=1S/C26H26BrN3O4/c1-14-9-17(27)7-8-20(14)30-24(32)19(23(31)28-25(30)33)11-16-10-18-15(2)13-26(3,4)29(5)21(18)12-22(16)34-6/h7-13H,1-6H3,(H,28,31,33)/b19-11-. The highest BCUT2D eigenvalue weighted by Crippen LogP contribution is 2.42. The molecule has 0 aliphatic carbocycles. The molecule has 2 aliphatic heterocycles. The number of carbonyl (C=O) groups excluding carboxylic acids is 3. The Morgan fingerprint density at radius 2 is 1.76 bits per heavy atom. The summed E-state index contributed by atoms with van der Waals surface area (Å²) in [5, 5.41) is 2.28. The summed E-state index contributed by atoms with van der Waals surface area (Å²) in [6.07, 6.45) is 3.66. The number of nitrogens with zero attached hydrogens (tertiary/aromatic N) is 2. The zero-order chi connectivity index (χ0) is 24.9. The Hall–Kier alpha value is -3.39. The maximum absolute atomic E-state index is 13.4. The lowest BCUT2D eigenvalue weighted by atomic mass is 9.88. The predicted molar refractivity (Wildman–Crippen MR) is 137 cm³/mol. The SMILES string of the molecule is COc1cc2c(cc1/C=C1/C(=O)NC(=O)N(c3ccc(Br)cc3C)C1=O)C(C)=CC(C)(C)N2C. The lowest BCUT2D eigenvalue weighted by Gasteiger charge is -2.41. The number of allylic oxidation sites excluding steroid dienone is 1. The molecule has 2 aliphatic rings. The average molecular weight is 524 g/mol. The highest BCUT2D eigenvalue weighted by Gasteiger charge is 2.38. The number of imide groups is 2. The van der Waals surface area contributed by atoms with Gasteiger partial charge in [-0.05, 0) is 69.2 Å². The van der Waals surface area contributed by atoms with Crippen molar-refractivity contribution in [1.29, 1.82) is 0 Å². The van der Waals surface area contributed by atoms with E-state index in [1.807, 2.05) is 26.1 Å². The van der Waals surface area contributed by atoms with Crippen LogP contribution in [0.25, 0.3) is 11.6 Å². The Balaban J connectivity index is 1.83. The van der Waals surface area contributed by atoms with Crippen LogP contribution in [0.3, 0.4) is 0 Å². The molecule has 4 rings (SSSR count). The molecule has 7 nitrogen and oxygen atoms in total. The molecule has 0 spiro atoms. The number of urea groups is 1. The van der Waals surface area contributed by atoms with Crippen LogP contribution in [0.4, 0.5) is 16.2 Å². The van der Waals surface area contributed by atoms with Gasteiger partial charge in [-0.2, -0.15) is 0 Å². The van der Waals surface area contributed by atoms with E-state index in [1.54, 1.807) is 32.2 Å². The normalized spacial score (nSPS) is 18.6. The molecule has 2 aromatic rings. The average Bonchev–Trinajstić information content (AvgIpc) is 2.75. The van der Waals surface area contributed by atoms with E-state index in [9.17, 15) is 14.4 Å². The molecule has 0 unspecified atom stereocenters. The number of anilines is 2. The molecular formula is C26H26BrN3O4. The third kappa shape index (κ3) is 3.92. The smallest absolute Gasteiger partial charge is 0.335 e. The Bertz CT molecular complexity index is 1310. The lowest BCUT2D eigenvalue weighted by molar-refractivity contribution is -0.122. The first kappa shape index (κ1) is 23.8. The minimum atomic E-state index is -0.780. The van der Waals surface area contributed by atoms with Crippen LogP contribution in [-0.4, -0.2) is 37.5 Å². The summed E-state index contributed by atoms with van der Waals surface area (Å²) in [5.41, 5.74) is 4.43. The summed E-state index contributed by atoms with van der Waals surface area (Å²) >= 11 is 3.39. The monoisotopic (exact) mass is 523 g/mol. The first-order valence-corrected chi connectivity index (χ1v) is 11.6. The fraction of sp³-hybridized carbons (Fsp3) is 0.269. The van der Waals surface area contributed by atoms with Gasteiger partial charge < -0.3 is 9.64 Å². The Kier molecular flexibility index (Phi) is 5.89. The predicted octanol–water partition coefficient (Wildman–Crippen LogP) is 5.06. The van der Waals surface area contributed by atoms with Gasteiger partial charge in [0.25, 0.3) is 11.8 Å². The van der Waals surface area contributed by atoms with Gasteiger partial charge in [0.2, 0.25) is 0 Å². The molecule has 176 valence electrons.